The summed E-state index contributed by atoms with van der Waals surface area (Å²) in [7, 11) is 0. The Hall–Kier alpha value is -2.02. The van der Waals surface area contributed by atoms with Gasteiger partial charge in [-0.3, -0.25) is 0 Å². The number of aliphatic hydroxyl groups excluding tert-OH is 1. The zero-order valence-electron chi connectivity index (χ0n) is 9.26. The highest BCUT2D eigenvalue weighted by atomic mass is 19.1. The van der Waals surface area contributed by atoms with Gasteiger partial charge in [0.15, 0.2) is 11.5 Å². The van der Waals surface area contributed by atoms with Crippen molar-refractivity contribution in [2.24, 2.45) is 0 Å². The van der Waals surface area contributed by atoms with E-state index in [1.807, 2.05) is 0 Å². The molecule has 0 radical (unpaired) electrons. The number of aromatic nitrogens is 4. The molecule has 0 aliphatic rings. The maximum absolute atomic E-state index is 13.6. The van der Waals surface area contributed by atoms with E-state index in [9.17, 15) is 4.39 Å². The zero-order chi connectivity index (χ0) is 12.4. The Morgan fingerprint density at radius 1 is 1.47 bits per heavy atom. The number of nitrogens with two attached hydrogens (primary N) is 1. The third kappa shape index (κ3) is 2.09. The Morgan fingerprint density at radius 2 is 2.24 bits per heavy atom. The van der Waals surface area contributed by atoms with Crippen LogP contribution in [-0.4, -0.2) is 31.2 Å². The molecule has 0 saturated heterocycles. The predicted octanol–water partition coefficient (Wildman–Crippen LogP) is 0.644. The van der Waals surface area contributed by atoms with Crippen molar-refractivity contribution in [1.29, 1.82) is 0 Å². The van der Waals surface area contributed by atoms with E-state index in [2.05, 4.69) is 15.0 Å². The minimum Gasteiger partial charge on any atom is -0.392 e. The van der Waals surface area contributed by atoms with Crippen LogP contribution in [0.2, 0.25) is 0 Å². The van der Waals surface area contributed by atoms with Crippen LogP contribution in [-0.2, 0) is 6.54 Å². The highest BCUT2D eigenvalue weighted by Crippen LogP contribution is 2.16. The SMILES string of the molecule is C/C(CO)=C(\F)Cn1cnc2c(N)ncnc21. The highest BCUT2D eigenvalue weighted by molar-refractivity contribution is 5.81. The van der Waals surface area contributed by atoms with Crippen molar-refractivity contribution >= 4 is 17.0 Å². The van der Waals surface area contributed by atoms with E-state index in [4.69, 9.17) is 10.8 Å². The van der Waals surface area contributed by atoms with Crippen molar-refractivity contribution < 1.29 is 9.50 Å². The Labute approximate surface area is 96.6 Å². The molecule has 17 heavy (non-hydrogen) atoms. The van der Waals surface area contributed by atoms with Crippen molar-refractivity contribution in [2.45, 2.75) is 13.5 Å². The largest absolute Gasteiger partial charge is 0.392 e. The van der Waals surface area contributed by atoms with Crippen LogP contribution >= 0.6 is 0 Å². The molecule has 0 aromatic carbocycles. The molecule has 2 heterocycles. The first-order valence-corrected chi connectivity index (χ1v) is 4.99. The van der Waals surface area contributed by atoms with Gasteiger partial charge in [0.2, 0.25) is 0 Å². The van der Waals surface area contributed by atoms with Gasteiger partial charge >= 0.3 is 0 Å². The molecular formula is C10H12FN5O. The molecule has 0 atom stereocenters. The van der Waals surface area contributed by atoms with Gasteiger partial charge in [-0.25, -0.2) is 19.3 Å². The summed E-state index contributed by atoms with van der Waals surface area (Å²) in [4.78, 5) is 11.8. The Kier molecular flexibility index (Phi) is 3.01. The maximum atomic E-state index is 13.6. The third-order valence-corrected chi connectivity index (χ3v) is 2.44. The summed E-state index contributed by atoms with van der Waals surface area (Å²) < 4.78 is 15.1. The number of hydrogen-bond acceptors (Lipinski definition) is 5. The summed E-state index contributed by atoms with van der Waals surface area (Å²) in [6, 6.07) is 0. The maximum Gasteiger partial charge on any atom is 0.165 e. The molecule has 7 heteroatoms. The van der Waals surface area contributed by atoms with E-state index in [-0.39, 0.29) is 24.5 Å². The molecule has 3 N–H and O–H groups in total. The first kappa shape index (κ1) is 11.5. The van der Waals surface area contributed by atoms with Crippen LogP contribution in [0.15, 0.2) is 24.1 Å². The normalized spacial score (nSPS) is 12.9. The molecule has 0 aliphatic heterocycles. The van der Waals surface area contributed by atoms with Crippen LogP contribution in [0.5, 0.6) is 0 Å². The van der Waals surface area contributed by atoms with Gasteiger partial charge < -0.3 is 15.4 Å². The van der Waals surface area contributed by atoms with E-state index in [1.165, 1.54) is 24.1 Å². The van der Waals surface area contributed by atoms with Gasteiger partial charge in [0.1, 0.15) is 17.7 Å². The van der Waals surface area contributed by atoms with E-state index in [0.29, 0.717) is 11.2 Å². The molecule has 0 fully saturated rings. The molecule has 6 nitrogen and oxygen atoms in total. The fourth-order valence-corrected chi connectivity index (χ4v) is 1.38. The predicted molar refractivity (Wildman–Crippen MR) is 60.6 cm³/mol. The number of nitrogens with zero attached hydrogens (tertiary/aromatic N) is 4. The first-order valence-electron chi connectivity index (χ1n) is 4.99. The number of rotatable bonds is 3. The van der Waals surface area contributed by atoms with Crippen LogP contribution in [0.3, 0.4) is 0 Å². The number of nitrogen functional groups attached to an aromatic ring is 1. The standard InChI is InChI=1S/C10H12FN5O/c1-6(3-17)7(11)2-16-5-15-8-9(12)13-4-14-10(8)16/h4-5,17H,2-3H2,1H3,(H2,12,13,14)/b7-6+. The first-order chi connectivity index (χ1) is 8.13. The third-order valence-electron chi connectivity index (χ3n) is 2.44. The molecule has 90 valence electrons. The second kappa shape index (κ2) is 4.46. The second-order valence-electron chi connectivity index (χ2n) is 3.65. The average molecular weight is 237 g/mol. The van der Waals surface area contributed by atoms with Gasteiger partial charge in [-0.15, -0.1) is 0 Å². The van der Waals surface area contributed by atoms with Gasteiger partial charge in [0.05, 0.1) is 19.5 Å². The van der Waals surface area contributed by atoms with Gasteiger partial charge in [-0.1, -0.05) is 0 Å². The van der Waals surface area contributed by atoms with Gasteiger partial charge in [0.25, 0.3) is 0 Å². The molecule has 0 saturated carbocycles. The topological polar surface area (TPSA) is 89.8 Å². The summed E-state index contributed by atoms with van der Waals surface area (Å²) in [5.41, 5.74) is 6.82. The molecule has 0 unspecified atom stereocenters. The number of imidazole rings is 1. The molecule has 2 aromatic rings. The number of hydrogen-bond donors (Lipinski definition) is 2. The fraction of sp³-hybridized carbons (Fsp3) is 0.300. The van der Waals surface area contributed by atoms with E-state index < -0.39 is 5.83 Å². The Bertz CT molecular complexity index is 577. The lowest BCUT2D eigenvalue weighted by atomic mass is 10.3. The van der Waals surface area contributed by atoms with Crippen molar-refractivity contribution in [3.63, 3.8) is 0 Å². The zero-order valence-corrected chi connectivity index (χ0v) is 9.26. The van der Waals surface area contributed by atoms with Crippen LogP contribution in [0.4, 0.5) is 10.2 Å². The number of fused-ring (bicyclic) bond motifs is 1. The van der Waals surface area contributed by atoms with Crippen molar-refractivity contribution in [1.82, 2.24) is 19.5 Å². The summed E-state index contributed by atoms with van der Waals surface area (Å²) in [6.45, 7) is 1.19. The van der Waals surface area contributed by atoms with Gasteiger partial charge in [-0.2, -0.15) is 0 Å². The average Bonchev–Trinajstić information content (AvgIpc) is 2.73. The summed E-state index contributed by atoms with van der Waals surface area (Å²) in [6.07, 6.45) is 2.75. The lowest BCUT2D eigenvalue weighted by Gasteiger charge is -2.04. The number of aliphatic hydroxyl groups is 1. The van der Waals surface area contributed by atoms with E-state index in [0.717, 1.165) is 0 Å². The van der Waals surface area contributed by atoms with Crippen LogP contribution in [0, 0.1) is 0 Å². The van der Waals surface area contributed by atoms with Crippen molar-refractivity contribution in [3.8, 4) is 0 Å². The van der Waals surface area contributed by atoms with E-state index >= 15 is 0 Å². The van der Waals surface area contributed by atoms with Crippen molar-refractivity contribution in [2.75, 3.05) is 12.3 Å². The minimum absolute atomic E-state index is 0.0284. The molecule has 2 aromatic heterocycles. The quantitative estimate of drug-likeness (QED) is 0.817. The number of anilines is 1. The summed E-state index contributed by atoms with van der Waals surface area (Å²) in [5.74, 6) is -0.152. The summed E-state index contributed by atoms with van der Waals surface area (Å²) >= 11 is 0. The molecule has 0 amide bonds. The number of halogens is 1. The minimum atomic E-state index is -0.413. The Balaban J connectivity index is 2.41. The van der Waals surface area contributed by atoms with E-state index in [1.54, 1.807) is 0 Å². The monoisotopic (exact) mass is 237 g/mol. The van der Waals surface area contributed by atoms with Crippen LogP contribution in [0.1, 0.15) is 6.92 Å². The van der Waals surface area contributed by atoms with Gasteiger partial charge in [-0.05, 0) is 12.5 Å². The summed E-state index contributed by atoms with van der Waals surface area (Å²) in [5, 5.41) is 8.82. The highest BCUT2D eigenvalue weighted by Gasteiger charge is 2.10. The van der Waals surface area contributed by atoms with Crippen LogP contribution < -0.4 is 5.73 Å². The second-order valence-corrected chi connectivity index (χ2v) is 3.65. The Morgan fingerprint density at radius 3 is 2.94 bits per heavy atom. The fourth-order valence-electron chi connectivity index (χ4n) is 1.38. The lowest BCUT2D eigenvalue weighted by molar-refractivity contribution is 0.324. The number of allylic oxidation sites excluding steroid dienone is 1. The molecule has 0 spiro atoms. The molecule has 0 bridgehead atoms. The lowest BCUT2D eigenvalue weighted by Crippen LogP contribution is -2.02. The molecule has 2 rings (SSSR count). The van der Waals surface area contributed by atoms with Crippen LogP contribution in [0.25, 0.3) is 11.2 Å². The van der Waals surface area contributed by atoms with Gasteiger partial charge in [0, 0.05) is 0 Å². The molecular weight excluding hydrogens is 225 g/mol. The van der Waals surface area contributed by atoms with Crippen molar-refractivity contribution in [3.05, 3.63) is 24.1 Å². The molecule has 0 aliphatic carbocycles. The smallest absolute Gasteiger partial charge is 0.165 e.